The van der Waals surface area contributed by atoms with Gasteiger partial charge < -0.3 is 69.7 Å². The molecule has 0 aromatic rings. The van der Waals surface area contributed by atoms with Gasteiger partial charge in [0.25, 0.3) is 0 Å². The molecule has 2 aliphatic rings. The van der Waals surface area contributed by atoms with Gasteiger partial charge in [0, 0.05) is 19.6 Å². The van der Waals surface area contributed by atoms with Crippen LogP contribution >= 0.6 is 0 Å². The second-order valence-electron chi connectivity index (χ2n) is 19.7. The van der Waals surface area contributed by atoms with Crippen LogP contribution < -0.4 is 54.8 Å². The molecule has 2 aliphatic heterocycles. The van der Waals surface area contributed by atoms with Gasteiger partial charge >= 0.3 is 5.97 Å². The number of likely N-dealkylation sites (tertiary alicyclic amines) is 2. The molecule has 15 N–H and O–H groups in total. The topological polar surface area (TPSA) is 369 Å². The quantitative estimate of drug-likeness (QED) is 0.0235. The van der Waals surface area contributed by atoms with Crippen LogP contribution in [0.25, 0.3) is 0 Å². The van der Waals surface area contributed by atoms with Crippen molar-refractivity contribution in [2.75, 3.05) is 26.2 Å². The highest BCUT2D eigenvalue weighted by atomic mass is 16.4. The number of aliphatic imine (C=N–C) groups is 1. The zero-order valence-corrected chi connectivity index (χ0v) is 42.0. The number of carbonyl (C=O) groups is 9. The van der Waals surface area contributed by atoms with Crippen molar-refractivity contribution in [3.63, 3.8) is 0 Å². The summed E-state index contributed by atoms with van der Waals surface area (Å²) >= 11 is 0. The van der Waals surface area contributed by atoms with Crippen molar-refractivity contribution in [3.05, 3.63) is 0 Å². The number of carboxylic acid groups (broad SMARTS) is 1. The number of nitrogens with zero attached hydrogens (tertiary/aromatic N) is 3. The molecule has 23 nitrogen and oxygen atoms in total. The summed E-state index contributed by atoms with van der Waals surface area (Å²) < 4.78 is 0. The molecule has 2 rings (SSSR count). The summed E-state index contributed by atoms with van der Waals surface area (Å²) in [4.78, 5) is 128. The Labute approximate surface area is 406 Å². The summed E-state index contributed by atoms with van der Waals surface area (Å²) in [6.45, 7) is 15.1. The minimum absolute atomic E-state index is 0.00135. The predicted octanol–water partition coefficient (Wildman–Crippen LogP) is -1.35. The van der Waals surface area contributed by atoms with Crippen molar-refractivity contribution in [1.29, 1.82) is 0 Å². The van der Waals surface area contributed by atoms with Crippen molar-refractivity contribution in [3.8, 4) is 0 Å². The molecule has 2 saturated heterocycles. The number of rotatable bonds is 29. The molecule has 8 amide bonds. The SMILES string of the molecule is CC(C)C[C@H](NC(=O)[C@H](CC(C)C)NC(=O)[C@@H]1CCCN1C(=O)[C@H](C)NC(=O)[C@H](CCCCN)NC(=O)[C@H](C)NC(=O)[C@@H]1CCCN1C(=O)[C@H](CC(C)C)NC(=O)[C@@H](N)CCCN=C(N)N)C(=O)O. The first-order valence-corrected chi connectivity index (χ1v) is 24.5. The van der Waals surface area contributed by atoms with Crippen molar-refractivity contribution < 1.29 is 48.3 Å². The molecule has 0 spiro atoms. The number of nitrogens with two attached hydrogens (primary N) is 4. The molecule has 0 aromatic heterocycles. The van der Waals surface area contributed by atoms with E-state index < -0.39 is 108 Å². The molecule has 2 heterocycles. The third-order valence-corrected chi connectivity index (χ3v) is 12.0. The standard InChI is InChI=1S/C46H83N13O10/c1-25(2)22-32(40(63)57-34(45(68)69)24-27(5)6)55-42(65)36-17-12-20-58(36)43(66)29(8)53-39(62)31(15-9-10-18-47)54-37(60)28(7)52-41(64)35-16-13-21-59(35)44(67)33(23-26(3)4)56-38(61)30(48)14-11-19-51-46(49)50/h25-36H,9-24,47-48H2,1-8H3,(H,52,64)(H,53,62)(H,54,60)(H,55,65)(H,56,61)(H,57,63)(H,68,69)(H4,49,50,51)/t28-,29-,30-,31-,32-,33-,34-,35-,36-/m0/s1. The predicted molar refractivity (Wildman–Crippen MR) is 259 cm³/mol. The van der Waals surface area contributed by atoms with Crippen LogP contribution in [0.1, 0.15) is 132 Å². The Balaban J connectivity index is 2.13. The first-order chi connectivity index (χ1) is 32.4. The van der Waals surface area contributed by atoms with Crippen LogP contribution in [0.2, 0.25) is 0 Å². The normalized spacial score (nSPS) is 18.9. The Morgan fingerprint density at radius 1 is 0.565 bits per heavy atom. The summed E-state index contributed by atoms with van der Waals surface area (Å²) in [5.74, 6) is -6.05. The lowest BCUT2D eigenvalue weighted by Crippen LogP contribution is -2.59. The summed E-state index contributed by atoms with van der Waals surface area (Å²) in [5, 5.41) is 25.8. The van der Waals surface area contributed by atoms with E-state index in [2.05, 4.69) is 36.9 Å². The van der Waals surface area contributed by atoms with Gasteiger partial charge in [-0.2, -0.15) is 0 Å². The largest absolute Gasteiger partial charge is 0.480 e. The maximum atomic E-state index is 13.9. The van der Waals surface area contributed by atoms with Gasteiger partial charge in [0.1, 0.15) is 48.3 Å². The molecule has 69 heavy (non-hydrogen) atoms. The second-order valence-corrected chi connectivity index (χ2v) is 19.7. The second kappa shape index (κ2) is 29.4. The summed E-state index contributed by atoms with van der Waals surface area (Å²) in [5.41, 5.74) is 22.6. The zero-order valence-electron chi connectivity index (χ0n) is 42.0. The van der Waals surface area contributed by atoms with E-state index in [1.165, 1.54) is 23.6 Å². The maximum Gasteiger partial charge on any atom is 0.326 e. The van der Waals surface area contributed by atoms with Gasteiger partial charge in [0.2, 0.25) is 47.3 Å². The Kier molecular flexibility index (Phi) is 25.4. The fourth-order valence-electron chi connectivity index (χ4n) is 8.42. The highest BCUT2D eigenvalue weighted by Crippen LogP contribution is 2.22. The van der Waals surface area contributed by atoms with E-state index in [0.29, 0.717) is 51.5 Å². The molecule has 0 aliphatic carbocycles. The molecule has 2 fully saturated rings. The highest BCUT2D eigenvalue weighted by Gasteiger charge is 2.41. The van der Waals surface area contributed by atoms with Crippen molar-refractivity contribution >= 4 is 59.2 Å². The van der Waals surface area contributed by atoms with Crippen LogP contribution in [-0.2, 0) is 43.2 Å². The lowest BCUT2D eigenvalue weighted by Gasteiger charge is -2.31. The molecule has 9 atom stereocenters. The number of hydrogen-bond donors (Lipinski definition) is 11. The van der Waals surface area contributed by atoms with Crippen molar-refractivity contribution in [2.24, 2.45) is 45.7 Å². The average molecular weight is 978 g/mol. The fourth-order valence-corrected chi connectivity index (χ4v) is 8.42. The Bertz CT molecular complexity index is 1790. The van der Waals surface area contributed by atoms with Gasteiger partial charge in [-0.05, 0) is 115 Å². The van der Waals surface area contributed by atoms with Gasteiger partial charge in [-0.1, -0.05) is 41.5 Å². The Morgan fingerprint density at radius 3 is 1.59 bits per heavy atom. The van der Waals surface area contributed by atoms with Crippen LogP contribution in [0.3, 0.4) is 0 Å². The first-order valence-electron chi connectivity index (χ1n) is 24.5. The molecule has 0 unspecified atom stereocenters. The highest BCUT2D eigenvalue weighted by molar-refractivity contribution is 5.98. The Morgan fingerprint density at radius 2 is 1.06 bits per heavy atom. The zero-order chi connectivity index (χ0) is 52.1. The van der Waals surface area contributed by atoms with E-state index in [4.69, 9.17) is 22.9 Å². The van der Waals surface area contributed by atoms with Gasteiger partial charge in [0.15, 0.2) is 5.96 Å². The molecular weight excluding hydrogens is 895 g/mol. The van der Waals surface area contributed by atoms with Gasteiger partial charge in [-0.3, -0.25) is 43.3 Å². The van der Waals surface area contributed by atoms with Gasteiger partial charge in [0.05, 0.1) is 6.04 Å². The third-order valence-electron chi connectivity index (χ3n) is 12.0. The van der Waals surface area contributed by atoms with E-state index in [1.54, 1.807) is 0 Å². The maximum absolute atomic E-state index is 13.9. The van der Waals surface area contributed by atoms with E-state index in [9.17, 15) is 48.3 Å². The number of unbranched alkanes of at least 4 members (excludes halogenated alkanes) is 1. The fraction of sp³-hybridized carbons (Fsp3) is 0.783. The van der Waals surface area contributed by atoms with E-state index >= 15 is 0 Å². The monoisotopic (exact) mass is 978 g/mol. The van der Waals surface area contributed by atoms with Gasteiger partial charge in [-0.15, -0.1) is 0 Å². The number of carbonyl (C=O) groups excluding carboxylic acids is 8. The molecule has 0 bridgehead atoms. The molecule has 0 aromatic carbocycles. The summed E-state index contributed by atoms with van der Waals surface area (Å²) in [6, 6.07) is -9.41. The van der Waals surface area contributed by atoms with E-state index in [1.807, 2.05) is 41.5 Å². The van der Waals surface area contributed by atoms with Crippen molar-refractivity contribution in [2.45, 2.75) is 187 Å². The number of hydrogen-bond acceptors (Lipinski definition) is 12. The Hall–Kier alpha value is -5.58. The molecule has 392 valence electrons. The molecule has 0 radical (unpaired) electrons. The molecule has 0 saturated carbocycles. The van der Waals surface area contributed by atoms with Crippen LogP contribution in [0, 0.1) is 17.8 Å². The van der Waals surface area contributed by atoms with Crippen LogP contribution in [0.5, 0.6) is 0 Å². The smallest absolute Gasteiger partial charge is 0.326 e. The number of guanidine groups is 1. The third kappa shape index (κ3) is 20.1. The van der Waals surface area contributed by atoms with Crippen LogP contribution in [-0.4, -0.2) is 155 Å². The van der Waals surface area contributed by atoms with Crippen molar-refractivity contribution in [1.82, 2.24) is 41.7 Å². The summed E-state index contributed by atoms with van der Waals surface area (Å²) in [6.07, 6.45) is 4.13. The van der Waals surface area contributed by atoms with E-state index in [0.717, 1.165) is 0 Å². The number of nitrogens with one attached hydrogen (secondary N) is 6. The summed E-state index contributed by atoms with van der Waals surface area (Å²) in [7, 11) is 0. The molecular formula is C46H83N13O10. The number of aliphatic carboxylic acids is 1. The lowest BCUT2D eigenvalue weighted by atomic mass is 10.00. The average Bonchev–Trinajstić information content (AvgIpc) is 3.97. The van der Waals surface area contributed by atoms with E-state index in [-0.39, 0.29) is 75.5 Å². The number of amides is 8. The van der Waals surface area contributed by atoms with Crippen LogP contribution in [0.15, 0.2) is 4.99 Å². The first kappa shape index (κ1) is 59.5. The minimum Gasteiger partial charge on any atom is -0.480 e. The van der Waals surface area contributed by atoms with Crippen LogP contribution in [0.4, 0.5) is 0 Å². The van der Waals surface area contributed by atoms with Gasteiger partial charge in [-0.25, -0.2) is 4.79 Å². The molecule has 23 heteroatoms. The number of carboxylic acids is 1. The lowest BCUT2D eigenvalue weighted by molar-refractivity contribution is -0.144. The minimum atomic E-state index is -1.19.